The van der Waals surface area contributed by atoms with Gasteiger partial charge in [-0.2, -0.15) is 4.31 Å². The molecule has 1 fully saturated rings. The van der Waals surface area contributed by atoms with Crippen LogP contribution in [0.1, 0.15) is 39.2 Å². The van der Waals surface area contributed by atoms with E-state index in [1.165, 1.54) is 4.31 Å². The maximum Gasteiger partial charge on any atom is 0.243 e. The van der Waals surface area contributed by atoms with Gasteiger partial charge in [-0.3, -0.25) is 0 Å². The van der Waals surface area contributed by atoms with Gasteiger partial charge in [-0.1, -0.05) is 32.9 Å². The van der Waals surface area contributed by atoms with Gasteiger partial charge in [-0.05, 0) is 36.0 Å². The van der Waals surface area contributed by atoms with Crippen molar-refractivity contribution >= 4 is 10.0 Å². The number of rotatable bonds is 4. The molecule has 0 radical (unpaired) electrons. The van der Waals surface area contributed by atoms with Gasteiger partial charge in [0.15, 0.2) is 0 Å². The highest BCUT2D eigenvalue weighted by Gasteiger charge is 2.31. The van der Waals surface area contributed by atoms with Crippen LogP contribution in [-0.2, 0) is 15.4 Å². The van der Waals surface area contributed by atoms with Crippen LogP contribution < -0.4 is 5.73 Å². The second-order valence-corrected chi connectivity index (χ2v) is 8.11. The predicted octanol–water partition coefficient (Wildman–Crippen LogP) is 2.10. The normalized spacial score (nSPS) is 21.3. The molecule has 0 spiro atoms. The third-order valence-electron chi connectivity index (χ3n) is 4.34. The fourth-order valence-electron chi connectivity index (χ4n) is 2.40. The molecule has 1 aromatic rings. The second-order valence-electron chi connectivity index (χ2n) is 6.17. The number of benzene rings is 1. The summed E-state index contributed by atoms with van der Waals surface area (Å²) in [5, 5.41) is 0. The summed E-state index contributed by atoms with van der Waals surface area (Å²) in [7, 11) is -3.39. The van der Waals surface area contributed by atoms with E-state index in [1.54, 1.807) is 12.1 Å². The van der Waals surface area contributed by atoms with Gasteiger partial charge in [-0.25, -0.2) is 8.42 Å². The van der Waals surface area contributed by atoms with E-state index in [9.17, 15) is 8.42 Å². The zero-order valence-corrected chi connectivity index (χ0v) is 13.3. The van der Waals surface area contributed by atoms with Crippen molar-refractivity contribution < 1.29 is 8.42 Å². The molecule has 1 aliphatic heterocycles. The van der Waals surface area contributed by atoms with E-state index in [4.69, 9.17) is 5.73 Å². The summed E-state index contributed by atoms with van der Waals surface area (Å²) in [5.74, 6) is 0. The molecule has 2 rings (SSSR count). The third-order valence-corrected chi connectivity index (χ3v) is 6.22. The molecule has 1 saturated heterocycles. The van der Waals surface area contributed by atoms with Gasteiger partial charge in [0.25, 0.3) is 0 Å². The van der Waals surface area contributed by atoms with Gasteiger partial charge in [0, 0.05) is 19.1 Å². The summed E-state index contributed by atoms with van der Waals surface area (Å²) in [4.78, 5) is 0.363. The first-order valence-electron chi connectivity index (χ1n) is 7.13. The highest BCUT2D eigenvalue weighted by Crippen LogP contribution is 2.28. The molecule has 112 valence electrons. The Labute approximate surface area is 122 Å². The number of hydrogen-bond acceptors (Lipinski definition) is 3. The average Bonchev–Trinajstić information content (AvgIpc) is 2.86. The van der Waals surface area contributed by atoms with Crippen molar-refractivity contribution in [2.24, 2.45) is 5.73 Å². The first-order chi connectivity index (χ1) is 9.27. The van der Waals surface area contributed by atoms with Crippen molar-refractivity contribution in [3.63, 3.8) is 0 Å². The molecule has 0 saturated carbocycles. The first kappa shape index (κ1) is 15.5. The Kier molecular flexibility index (Phi) is 4.23. The summed E-state index contributed by atoms with van der Waals surface area (Å²) in [6.07, 6.45) is 1.75. The third kappa shape index (κ3) is 2.90. The number of sulfonamides is 1. The standard InChI is InChI=1S/C15H24N2O2S/c1-4-15(2,3)12-5-7-14(8-6-12)20(18,19)17-10-9-13(16)11-17/h5-8,13H,4,9-11,16H2,1-3H3/t13-/m0/s1. The highest BCUT2D eigenvalue weighted by molar-refractivity contribution is 7.89. The first-order valence-corrected chi connectivity index (χ1v) is 8.57. The summed E-state index contributed by atoms with van der Waals surface area (Å²) in [6.45, 7) is 7.40. The Bertz CT molecular complexity index is 564. The van der Waals surface area contributed by atoms with Crippen molar-refractivity contribution in [2.75, 3.05) is 13.1 Å². The van der Waals surface area contributed by atoms with Crippen LogP contribution in [0.3, 0.4) is 0 Å². The molecule has 0 unspecified atom stereocenters. The van der Waals surface area contributed by atoms with E-state index < -0.39 is 10.0 Å². The van der Waals surface area contributed by atoms with E-state index in [0.717, 1.165) is 18.4 Å². The summed E-state index contributed by atoms with van der Waals surface area (Å²) >= 11 is 0. The fraction of sp³-hybridized carbons (Fsp3) is 0.600. The molecule has 0 bridgehead atoms. The number of nitrogens with two attached hydrogens (primary N) is 1. The zero-order valence-electron chi connectivity index (χ0n) is 12.5. The van der Waals surface area contributed by atoms with Crippen LogP contribution in [0.5, 0.6) is 0 Å². The van der Waals surface area contributed by atoms with Gasteiger partial charge in [-0.15, -0.1) is 0 Å². The maximum atomic E-state index is 12.5. The quantitative estimate of drug-likeness (QED) is 0.925. The maximum absolute atomic E-state index is 12.5. The molecule has 4 nitrogen and oxygen atoms in total. The van der Waals surface area contributed by atoms with Crippen LogP contribution in [0.25, 0.3) is 0 Å². The minimum absolute atomic E-state index is 0.0388. The Hall–Kier alpha value is -0.910. The van der Waals surface area contributed by atoms with E-state index in [1.807, 2.05) is 12.1 Å². The summed E-state index contributed by atoms with van der Waals surface area (Å²) in [5.41, 5.74) is 7.02. The zero-order chi connectivity index (χ0) is 15.0. The number of nitrogens with zero attached hydrogens (tertiary/aromatic N) is 1. The molecule has 1 atom stereocenters. The predicted molar refractivity (Wildman–Crippen MR) is 81.1 cm³/mol. The molecule has 0 amide bonds. The molecule has 5 heteroatoms. The molecular weight excluding hydrogens is 272 g/mol. The molecule has 20 heavy (non-hydrogen) atoms. The summed E-state index contributed by atoms with van der Waals surface area (Å²) < 4.78 is 26.4. The van der Waals surface area contributed by atoms with Crippen molar-refractivity contribution in [1.29, 1.82) is 0 Å². The molecule has 2 N–H and O–H groups in total. The molecule has 1 heterocycles. The van der Waals surface area contributed by atoms with Crippen molar-refractivity contribution in [1.82, 2.24) is 4.31 Å². The number of hydrogen-bond donors (Lipinski definition) is 1. The van der Waals surface area contributed by atoms with Gasteiger partial charge in [0.1, 0.15) is 0 Å². The van der Waals surface area contributed by atoms with E-state index in [-0.39, 0.29) is 11.5 Å². The molecule has 1 aromatic carbocycles. The van der Waals surface area contributed by atoms with Gasteiger partial charge in [0.05, 0.1) is 4.90 Å². The summed E-state index contributed by atoms with van der Waals surface area (Å²) in [6, 6.07) is 7.24. The van der Waals surface area contributed by atoms with Crippen molar-refractivity contribution in [3.8, 4) is 0 Å². The van der Waals surface area contributed by atoms with E-state index in [0.29, 0.717) is 18.0 Å². The lowest BCUT2D eigenvalue weighted by Crippen LogP contribution is -2.32. The highest BCUT2D eigenvalue weighted by atomic mass is 32.2. The molecular formula is C15H24N2O2S. The van der Waals surface area contributed by atoms with Gasteiger partial charge in [0.2, 0.25) is 10.0 Å². The van der Waals surface area contributed by atoms with Crippen LogP contribution >= 0.6 is 0 Å². The Morgan fingerprint density at radius 2 is 1.90 bits per heavy atom. The van der Waals surface area contributed by atoms with Crippen LogP contribution in [0, 0.1) is 0 Å². The van der Waals surface area contributed by atoms with Crippen LogP contribution in [0.15, 0.2) is 29.2 Å². The van der Waals surface area contributed by atoms with Crippen molar-refractivity contribution in [2.45, 2.75) is 50.0 Å². The smallest absolute Gasteiger partial charge is 0.243 e. The fourth-order valence-corrected chi connectivity index (χ4v) is 3.92. The lowest BCUT2D eigenvalue weighted by molar-refractivity contribution is 0.472. The SMILES string of the molecule is CCC(C)(C)c1ccc(S(=O)(=O)N2CC[C@H](N)C2)cc1. The van der Waals surface area contributed by atoms with Crippen LogP contribution in [0.4, 0.5) is 0 Å². The Morgan fingerprint density at radius 3 is 2.35 bits per heavy atom. The van der Waals surface area contributed by atoms with E-state index >= 15 is 0 Å². The lowest BCUT2D eigenvalue weighted by atomic mass is 9.82. The minimum atomic E-state index is -3.39. The Balaban J connectivity index is 2.26. The average molecular weight is 296 g/mol. The lowest BCUT2D eigenvalue weighted by Gasteiger charge is -2.24. The monoisotopic (exact) mass is 296 g/mol. The van der Waals surface area contributed by atoms with Gasteiger partial charge >= 0.3 is 0 Å². The van der Waals surface area contributed by atoms with Gasteiger partial charge < -0.3 is 5.73 Å². The topological polar surface area (TPSA) is 63.4 Å². The molecule has 0 aromatic heterocycles. The van der Waals surface area contributed by atoms with Crippen molar-refractivity contribution in [3.05, 3.63) is 29.8 Å². The van der Waals surface area contributed by atoms with Crippen LogP contribution in [-0.4, -0.2) is 31.9 Å². The second kappa shape index (κ2) is 5.47. The molecule has 0 aliphatic carbocycles. The van der Waals surface area contributed by atoms with E-state index in [2.05, 4.69) is 20.8 Å². The molecule has 1 aliphatic rings. The largest absolute Gasteiger partial charge is 0.326 e. The minimum Gasteiger partial charge on any atom is -0.326 e. The Morgan fingerprint density at radius 1 is 1.30 bits per heavy atom. The van der Waals surface area contributed by atoms with Crippen LogP contribution in [0.2, 0.25) is 0 Å².